The number of amidine groups is 1. The number of benzene rings is 2. The molecule has 0 amide bonds. The van der Waals surface area contributed by atoms with E-state index in [0.29, 0.717) is 5.02 Å². The van der Waals surface area contributed by atoms with Crippen LogP contribution in [-0.2, 0) is 6.42 Å². The van der Waals surface area contributed by atoms with Crippen LogP contribution >= 0.6 is 28.6 Å². The lowest BCUT2D eigenvalue weighted by atomic mass is 9.90. The van der Waals surface area contributed by atoms with Crippen molar-refractivity contribution in [1.29, 1.82) is 0 Å². The molecule has 1 N–H and O–H groups in total. The molecule has 0 saturated carbocycles. The van der Waals surface area contributed by atoms with Gasteiger partial charge in [-0.2, -0.15) is 0 Å². The molecule has 2 aromatic carbocycles. The lowest BCUT2D eigenvalue weighted by molar-refractivity contribution is 0.473. The predicted octanol–water partition coefficient (Wildman–Crippen LogP) is 4.23. The van der Waals surface area contributed by atoms with Crippen molar-refractivity contribution < 1.29 is 5.11 Å². The summed E-state index contributed by atoms with van der Waals surface area (Å²) in [6.45, 7) is 0. The van der Waals surface area contributed by atoms with Gasteiger partial charge in [0.05, 0.1) is 0 Å². The third-order valence-corrected chi connectivity index (χ3v) is 4.11. The molecular weight excluding hydrogens is 364 g/mol. The second-order valence-corrected chi connectivity index (χ2v) is 5.83. The van der Waals surface area contributed by atoms with Gasteiger partial charge in [0.25, 0.3) is 0 Å². The first-order chi connectivity index (χ1) is 10.1. The molecule has 5 heteroatoms. The van der Waals surface area contributed by atoms with Gasteiger partial charge in [-0.05, 0) is 34.9 Å². The SMILES string of the molecule is Br.CN(C)C1=NC(c2ccccc2Cl)c2cc(O)ccc2C1. The van der Waals surface area contributed by atoms with Crippen molar-refractivity contribution in [2.75, 3.05) is 14.1 Å². The van der Waals surface area contributed by atoms with Crippen molar-refractivity contribution in [3.63, 3.8) is 0 Å². The number of rotatable bonds is 1. The van der Waals surface area contributed by atoms with E-state index in [1.54, 1.807) is 12.1 Å². The Morgan fingerprint density at radius 1 is 1.14 bits per heavy atom. The highest BCUT2D eigenvalue weighted by molar-refractivity contribution is 8.93. The van der Waals surface area contributed by atoms with Crippen LogP contribution in [0.3, 0.4) is 0 Å². The molecule has 0 aromatic heterocycles. The number of fused-ring (bicyclic) bond motifs is 1. The zero-order chi connectivity index (χ0) is 15.0. The quantitative estimate of drug-likeness (QED) is 0.802. The van der Waals surface area contributed by atoms with E-state index in [9.17, 15) is 5.11 Å². The summed E-state index contributed by atoms with van der Waals surface area (Å²) in [4.78, 5) is 6.87. The highest BCUT2D eigenvalue weighted by Crippen LogP contribution is 2.37. The maximum absolute atomic E-state index is 9.81. The first kappa shape index (κ1) is 16.8. The Hall–Kier alpha value is -1.52. The van der Waals surface area contributed by atoms with Crippen LogP contribution in [0, 0.1) is 0 Å². The van der Waals surface area contributed by atoms with Gasteiger partial charge < -0.3 is 10.0 Å². The summed E-state index contributed by atoms with van der Waals surface area (Å²) in [6.07, 6.45) is 0.767. The van der Waals surface area contributed by atoms with Crippen molar-refractivity contribution in [3.8, 4) is 5.75 Å². The van der Waals surface area contributed by atoms with Gasteiger partial charge in [0.2, 0.25) is 0 Å². The van der Waals surface area contributed by atoms with E-state index in [4.69, 9.17) is 16.6 Å². The maximum atomic E-state index is 9.81. The van der Waals surface area contributed by atoms with Crippen molar-refractivity contribution in [2.24, 2.45) is 4.99 Å². The van der Waals surface area contributed by atoms with E-state index in [-0.39, 0.29) is 28.8 Å². The largest absolute Gasteiger partial charge is 0.508 e. The number of likely N-dealkylation sites (N-methyl/N-ethyl adjacent to an activating group) is 1. The fourth-order valence-electron chi connectivity index (χ4n) is 2.64. The molecule has 3 nitrogen and oxygen atoms in total. The molecule has 22 heavy (non-hydrogen) atoms. The van der Waals surface area contributed by atoms with E-state index in [1.165, 1.54) is 5.56 Å². The third kappa shape index (κ3) is 3.13. The molecule has 1 aliphatic heterocycles. The second-order valence-electron chi connectivity index (χ2n) is 5.42. The Labute approximate surface area is 146 Å². The number of halogens is 2. The standard InChI is InChI=1S/C17H17ClN2O.BrH/c1-20(2)16-9-11-7-8-12(21)10-14(11)17(19-16)13-5-3-4-6-15(13)18;/h3-8,10,17,21H,9H2,1-2H3;1H. The topological polar surface area (TPSA) is 35.8 Å². The van der Waals surface area contributed by atoms with Gasteiger partial charge in [-0.25, -0.2) is 0 Å². The molecule has 0 radical (unpaired) electrons. The van der Waals surface area contributed by atoms with E-state index in [1.807, 2.05) is 49.3 Å². The van der Waals surface area contributed by atoms with Crippen LogP contribution in [0.25, 0.3) is 0 Å². The molecule has 1 atom stereocenters. The van der Waals surface area contributed by atoms with E-state index < -0.39 is 0 Å². The summed E-state index contributed by atoms with van der Waals surface area (Å²) in [5.41, 5.74) is 3.16. The monoisotopic (exact) mass is 380 g/mol. The minimum atomic E-state index is -0.174. The average molecular weight is 382 g/mol. The summed E-state index contributed by atoms with van der Waals surface area (Å²) in [5, 5.41) is 10.5. The molecular formula is C17H18BrClN2O. The number of phenolic OH excluding ortho intramolecular Hbond substituents is 1. The van der Waals surface area contributed by atoms with Crippen LogP contribution in [0.2, 0.25) is 5.02 Å². The van der Waals surface area contributed by atoms with Gasteiger partial charge in [-0.1, -0.05) is 35.9 Å². The molecule has 116 valence electrons. The maximum Gasteiger partial charge on any atom is 0.115 e. The Balaban J connectivity index is 0.00000176. The minimum absolute atomic E-state index is 0. The first-order valence-corrected chi connectivity index (χ1v) is 7.24. The Morgan fingerprint density at radius 2 is 1.86 bits per heavy atom. The van der Waals surface area contributed by atoms with Crippen LogP contribution in [0.5, 0.6) is 5.75 Å². The smallest absolute Gasteiger partial charge is 0.115 e. The van der Waals surface area contributed by atoms with Crippen LogP contribution in [0.4, 0.5) is 0 Å². The molecule has 0 saturated heterocycles. The number of phenols is 1. The molecule has 0 fully saturated rings. The van der Waals surface area contributed by atoms with E-state index in [2.05, 4.69) is 0 Å². The molecule has 1 heterocycles. The van der Waals surface area contributed by atoms with Crippen molar-refractivity contribution in [3.05, 3.63) is 64.2 Å². The minimum Gasteiger partial charge on any atom is -0.508 e. The number of aromatic hydroxyl groups is 1. The fourth-order valence-corrected chi connectivity index (χ4v) is 2.88. The van der Waals surface area contributed by atoms with Gasteiger partial charge in [0.1, 0.15) is 17.6 Å². The third-order valence-electron chi connectivity index (χ3n) is 3.77. The van der Waals surface area contributed by atoms with Gasteiger partial charge in [0, 0.05) is 25.5 Å². The number of hydrogen-bond acceptors (Lipinski definition) is 3. The summed E-state index contributed by atoms with van der Waals surface area (Å²) >= 11 is 6.35. The van der Waals surface area contributed by atoms with Crippen LogP contribution in [-0.4, -0.2) is 29.9 Å². The van der Waals surface area contributed by atoms with Crippen LogP contribution in [0.1, 0.15) is 22.7 Å². The zero-order valence-corrected chi connectivity index (χ0v) is 14.9. The molecule has 0 bridgehead atoms. The van der Waals surface area contributed by atoms with Gasteiger partial charge in [0.15, 0.2) is 0 Å². The van der Waals surface area contributed by atoms with Crippen molar-refractivity contribution in [1.82, 2.24) is 4.90 Å². The normalized spacial score (nSPS) is 16.3. The molecule has 1 aliphatic rings. The molecule has 1 unspecified atom stereocenters. The highest BCUT2D eigenvalue weighted by Gasteiger charge is 2.25. The Kier molecular flexibility index (Phi) is 5.14. The highest BCUT2D eigenvalue weighted by atomic mass is 79.9. The molecule has 3 rings (SSSR count). The van der Waals surface area contributed by atoms with Crippen molar-refractivity contribution >= 4 is 34.4 Å². The molecule has 2 aromatic rings. The summed E-state index contributed by atoms with van der Waals surface area (Å²) in [7, 11) is 3.99. The molecule has 0 aliphatic carbocycles. The summed E-state index contributed by atoms with van der Waals surface area (Å²) in [6, 6.07) is 13.0. The molecule has 0 spiro atoms. The van der Waals surface area contributed by atoms with E-state index >= 15 is 0 Å². The predicted molar refractivity (Wildman–Crippen MR) is 96.5 cm³/mol. The zero-order valence-electron chi connectivity index (χ0n) is 12.5. The van der Waals surface area contributed by atoms with Gasteiger partial charge in [-0.3, -0.25) is 4.99 Å². The number of nitrogens with zero attached hydrogens (tertiary/aromatic N) is 2. The van der Waals surface area contributed by atoms with Crippen LogP contribution in [0.15, 0.2) is 47.5 Å². The lowest BCUT2D eigenvalue weighted by Crippen LogP contribution is -2.28. The summed E-state index contributed by atoms with van der Waals surface area (Å²) < 4.78 is 0. The second kappa shape index (κ2) is 6.71. The van der Waals surface area contributed by atoms with Gasteiger partial charge >= 0.3 is 0 Å². The van der Waals surface area contributed by atoms with Crippen LogP contribution < -0.4 is 0 Å². The lowest BCUT2D eigenvalue weighted by Gasteiger charge is -2.28. The fraction of sp³-hybridized carbons (Fsp3) is 0.235. The Morgan fingerprint density at radius 3 is 2.55 bits per heavy atom. The first-order valence-electron chi connectivity index (χ1n) is 6.86. The van der Waals surface area contributed by atoms with E-state index in [0.717, 1.165) is 23.4 Å². The van der Waals surface area contributed by atoms with Crippen molar-refractivity contribution in [2.45, 2.75) is 12.5 Å². The Bertz CT molecular complexity index is 716. The average Bonchev–Trinajstić information content (AvgIpc) is 2.47. The van der Waals surface area contributed by atoms with Gasteiger partial charge in [-0.15, -0.1) is 17.0 Å². The number of aliphatic imine (C=N–C) groups is 1. The summed E-state index contributed by atoms with van der Waals surface area (Å²) in [5.74, 6) is 1.27. The number of hydrogen-bond donors (Lipinski definition) is 1.